The maximum absolute atomic E-state index is 9.18. The first-order valence-corrected chi connectivity index (χ1v) is 6.15. The van der Waals surface area contributed by atoms with Crippen molar-refractivity contribution >= 4 is 0 Å². The largest absolute Gasteiger partial charge is 0.508 e. The minimum Gasteiger partial charge on any atom is -0.508 e. The molecule has 0 aromatic heterocycles. The summed E-state index contributed by atoms with van der Waals surface area (Å²) in [5, 5.41) is 12.6. The molecule has 2 N–H and O–H groups in total. The molecule has 1 rings (SSSR count). The van der Waals surface area contributed by atoms with Crippen molar-refractivity contribution in [3.05, 3.63) is 29.8 Å². The van der Waals surface area contributed by atoms with E-state index in [2.05, 4.69) is 25.1 Å². The van der Waals surface area contributed by atoms with E-state index >= 15 is 0 Å². The Balaban J connectivity index is 2.35. The number of terminal acetylenes is 1. The lowest BCUT2D eigenvalue weighted by Gasteiger charge is -2.18. The van der Waals surface area contributed by atoms with Gasteiger partial charge in [-0.05, 0) is 43.9 Å². The van der Waals surface area contributed by atoms with Crippen molar-refractivity contribution in [3.63, 3.8) is 0 Å². The Kier molecular flexibility index (Phi) is 5.59. The van der Waals surface area contributed by atoms with Crippen molar-refractivity contribution in [1.29, 1.82) is 0 Å². The Morgan fingerprint density at radius 3 is 2.53 bits per heavy atom. The van der Waals surface area contributed by atoms with Gasteiger partial charge in [-0.15, -0.1) is 6.42 Å². The van der Waals surface area contributed by atoms with E-state index in [1.54, 1.807) is 12.1 Å². The molecule has 0 aliphatic heterocycles. The first-order chi connectivity index (χ1) is 8.15. The van der Waals surface area contributed by atoms with Gasteiger partial charge < -0.3 is 10.4 Å². The van der Waals surface area contributed by atoms with Gasteiger partial charge in [-0.2, -0.15) is 0 Å². The van der Waals surface area contributed by atoms with Gasteiger partial charge in [0, 0.05) is 6.04 Å². The Labute approximate surface area is 104 Å². The number of hydrogen-bond acceptors (Lipinski definition) is 2. The van der Waals surface area contributed by atoms with Gasteiger partial charge in [0.2, 0.25) is 0 Å². The van der Waals surface area contributed by atoms with Crippen molar-refractivity contribution in [2.45, 2.75) is 45.2 Å². The summed E-state index contributed by atoms with van der Waals surface area (Å²) in [7, 11) is 0. The molecule has 0 heterocycles. The lowest BCUT2D eigenvalue weighted by atomic mass is 10.1. The first-order valence-electron chi connectivity index (χ1n) is 6.15. The average Bonchev–Trinajstić information content (AvgIpc) is 2.35. The summed E-state index contributed by atoms with van der Waals surface area (Å²) in [6.45, 7) is 4.24. The van der Waals surface area contributed by atoms with Crippen LogP contribution in [-0.4, -0.2) is 17.2 Å². The van der Waals surface area contributed by atoms with Crippen LogP contribution in [0.2, 0.25) is 0 Å². The fourth-order valence-electron chi connectivity index (χ4n) is 1.76. The molecule has 2 heteroatoms. The maximum Gasteiger partial charge on any atom is 0.115 e. The van der Waals surface area contributed by atoms with Crippen LogP contribution in [0.1, 0.15) is 32.3 Å². The second-order valence-corrected chi connectivity index (χ2v) is 4.40. The SMILES string of the molecule is C#CC(CC)NC(C)CCc1ccc(O)cc1. The molecular weight excluding hydrogens is 210 g/mol. The second kappa shape index (κ2) is 6.98. The van der Waals surface area contributed by atoms with Crippen LogP contribution < -0.4 is 5.32 Å². The van der Waals surface area contributed by atoms with E-state index in [0.29, 0.717) is 11.8 Å². The lowest BCUT2D eigenvalue weighted by molar-refractivity contribution is 0.469. The number of rotatable bonds is 6. The van der Waals surface area contributed by atoms with Gasteiger partial charge in [0.15, 0.2) is 0 Å². The molecule has 0 aliphatic rings. The van der Waals surface area contributed by atoms with Gasteiger partial charge in [-0.3, -0.25) is 0 Å². The van der Waals surface area contributed by atoms with Gasteiger partial charge in [0.1, 0.15) is 5.75 Å². The van der Waals surface area contributed by atoms with Crippen LogP contribution in [0.25, 0.3) is 0 Å². The number of aromatic hydroxyl groups is 1. The number of phenols is 1. The molecule has 2 nitrogen and oxygen atoms in total. The summed E-state index contributed by atoms with van der Waals surface area (Å²) in [4.78, 5) is 0. The molecule has 17 heavy (non-hydrogen) atoms. The Morgan fingerprint density at radius 1 is 1.35 bits per heavy atom. The number of nitrogens with one attached hydrogen (secondary N) is 1. The minimum absolute atomic E-state index is 0.171. The van der Waals surface area contributed by atoms with Crippen LogP contribution in [0, 0.1) is 12.3 Å². The van der Waals surface area contributed by atoms with E-state index in [9.17, 15) is 5.11 Å². The monoisotopic (exact) mass is 231 g/mol. The van der Waals surface area contributed by atoms with Crippen molar-refractivity contribution in [1.82, 2.24) is 5.32 Å². The highest BCUT2D eigenvalue weighted by atomic mass is 16.3. The van der Waals surface area contributed by atoms with Crippen LogP contribution >= 0.6 is 0 Å². The molecule has 1 aromatic rings. The number of benzene rings is 1. The standard InChI is InChI=1S/C15H21NO/c1-4-14(5-2)16-12(3)6-7-13-8-10-15(17)11-9-13/h1,8-12,14,16-17H,5-7H2,2-3H3. The molecule has 0 saturated carbocycles. The zero-order valence-electron chi connectivity index (χ0n) is 10.6. The summed E-state index contributed by atoms with van der Waals surface area (Å²) in [6.07, 6.45) is 8.41. The molecule has 92 valence electrons. The van der Waals surface area contributed by atoms with Crippen molar-refractivity contribution in [3.8, 4) is 18.1 Å². The fraction of sp³-hybridized carbons (Fsp3) is 0.467. The van der Waals surface area contributed by atoms with Gasteiger partial charge in [0.25, 0.3) is 0 Å². The summed E-state index contributed by atoms with van der Waals surface area (Å²) in [5.74, 6) is 3.06. The molecule has 2 unspecified atom stereocenters. The summed E-state index contributed by atoms with van der Waals surface area (Å²) >= 11 is 0. The lowest BCUT2D eigenvalue weighted by Crippen LogP contribution is -2.35. The maximum atomic E-state index is 9.18. The summed E-state index contributed by atoms with van der Waals surface area (Å²) < 4.78 is 0. The molecule has 0 spiro atoms. The molecule has 0 bridgehead atoms. The average molecular weight is 231 g/mol. The van der Waals surface area contributed by atoms with Crippen LogP contribution in [0.5, 0.6) is 5.75 Å². The summed E-state index contributed by atoms with van der Waals surface area (Å²) in [6, 6.07) is 7.95. The molecule has 1 aromatic carbocycles. The fourth-order valence-corrected chi connectivity index (χ4v) is 1.76. The molecule has 2 atom stereocenters. The van der Waals surface area contributed by atoms with E-state index < -0.39 is 0 Å². The van der Waals surface area contributed by atoms with Gasteiger partial charge in [-0.1, -0.05) is 25.0 Å². The third-order valence-corrected chi connectivity index (χ3v) is 2.90. The van der Waals surface area contributed by atoms with Crippen LogP contribution in [0.4, 0.5) is 0 Å². The first kappa shape index (κ1) is 13.6. The van der Waals surface area contributed by atoms with E-state index in [1.807, 2.05) is 12.1 Å². The molecule has 0 amide bonds. The predicted octanol–water partition coefficient (Wildman–Crippen LogP) is 2.71. The Bertz CT molecular complexity index is 364. The molecule has 0 fully saturated rings. The Hall–Kier alpha value is -1.46. The quantitative estimate of drug-likeness (QED) is 0.738. The van der Waals surface area contributed by atoms with Gasteiger partial charge >= 0.3 is 0 Å². The normalized spacial score (nSPS) is 13.9. The highest BCUT2D eigenvalue weighted by molar-refractivity contribution is 5.25. The molecular formula is C15H21NO. The molecule has 0 radical (unpaired) electrons. The van der Waals surface area contributed by atoms with E-state index in [0.717, 1.165) is 19.3 Å². The second-order valence-electron chi connectivity index (χ2n) is 4.40. The zero-order chi connectivity index (χ0) is 12.7. The third kappa shape index (κ3) is 4.93. The van der Waals surface area contributed by atoms with E-state index in [-0.39, 0.29) is 6.04 Å². The van der Waals surface area contributed by atoms with Gasteiger partial charge in [-0.25, -0.2) is 0 Å². The van der Waals surface area contributed by atoms with E-state index in [1.165, 1.54) is 5.56 Å². The predicted molar refractivity (Wildman–Crippen MR) is 71.9 cm³/mol. The van der Waals surface area contributed by atoms with Crippen LogP contribution in [0.15, 0.2) is 24.3 Å². The van der Waals surface area contributed by atoms with Crippen molar-refractivity contribution in [2.75, 3.05) is 0 Å². The number of hydrogen-bond donors (Lipinski definition) is 2. The highest BCUT2D eigenvalue weighted by Gasteiger charge is 2.07. The summed E-state index contributed by atoms with van der Waals surface area (Å²) in [5.41, 5.74) is 1.24. The zero-order valence-corrected chi connectivity index (χ0v) is 10.6. The van der Waals surface area contributed by atoms with Crippen LogP contribution in [-0.2, 0) is 6.42 Å². The van der Waals surface area contributed by atoms with Crippen molar-refractivity contribution < 1.29 is 5.11 Å². The third-order valence-electron chi connectivity index (χ3n) is 2.90. The topological polar surface area (TPSA) is 32.3 Å². The smallest absolute Gasteiger partial charge is 0.115 e. The van der Waals surface area contributed by atoms with Gasteiger partial charge in [0.05, 0.1) is 6.04 Å². The van der Waals surface area contributed by atoms with Crippen molar-refractivity contribution in [2.24, 2.45) is 0 Å². The minimum atomic E-state index is 0.171. The molecule has 0 saturated heterocycles. The number of aryl methyl sites for hydroxylation is 1. The highest BCUT2D eigenvalue weighted by Crippen LogP contribution is 2.12. The number of phenolic OH excluding ortho intramolecular Hbond substituents is 1. The Morgan fingerprint density at radius 2 is 2.00 bits per heavy atom. The van der Waals surface area contributed by atoms with E-state index in [4.69, 9.17) is 6.42 Å². The molecule has 0 aliphatic carbocycles. The van der Waals surface area contributed by atoms with Crippen LogP contribution in [0.3, 0.4) is 0 Å².